The summed E-state index contributed by atoms with van der Waals surface area (Å²) in [6, 6.07) is -4.55. The summed E-state index contributed by atoms with van der Waals surface area (Å²) in [4.78, 5) is 66.5. The summed E-state index contributed by atoms with van der Waals surface area (Å²) in [5.74, 6) is -4.69. The molecular weight excluding hydrogens is 450 g/mol. The Morgan fingerprint density at radius 3 is 2.24 bits per heavy atom. The second kappa shape index (κ2) is 14.6. The predicted octanol–water partition coefficient (Wildman–Crippen LogP) is -2.17. The van der Waals surface area contributed by atoms with Crippen molar-refractivity contribution in [2.45, 2.75) is 69.6 Å². The molecule has 0 aliphatic heterocycles. The van der Waals surface area contributed by atoms with Gasteiger partial charge in [-0.25, -0.2) is 9.78 Å². The number of hydrogen-bond acceptors (Lipinski definition) is 8. The smallest absolute Gasteiger partial charge is 0.326 e. The number of aliphatic carboxylic acids is 2. The van der Waals surface area contributed by atoms with Gasteiger partial charge in [0.1, 0.15) is 18.1 Å². The first kappa shape index (κ1) is 28.5. The Bertz CT molecular complexity index is 831. The molecule has 0 saturated heterocycles. The van der Waals surface area contributed by atoms with E-state index in [0.717, 1.165) is 0 Å². The molecule has 1 heterocycles. The molecule has 1 aromatic heterocycles. The molecular formula is C20H33N7O7. The van der Waals surface area contributed by atoms with Crippen molar-refractivity contribution in [1.29, 1.82) is 0 Å². The van der Waals surface area contributed by atoms with E-state index in [4.69, 9.17) is 16.6 Å². The molecule has 0 aliphatic rings. The first-order chi connectivity index (χ1) is 16.0. The summed E-state index contributed by atoms with van der Waals surface area (Å²) in [7, 11) is 0. The fourth-order valence-corrected chi connectivity index (χ4v) is 2.95. The maximum Gasteiger partial charge on any atom is 0.326 e. The van der Waals surface area contributed by atoms with Crippen LogP contribution in [0.25, 0.3) is 0 Å². The lowest BCUT2D eigenvalue weighted by Gasteiger charge is -2.23. The summed E-state index contributed by atoms with van der Waals surface area (Å²) >= 11 is 0. The van der Waals surface area contributed by atoms with Crippen molar-refractivity contribution >= 4 is 29.7 Å². The summed E-state index contributed by atoms with van der Waals surface area (Å²) in [6.07, 6.45) is 3.71. The fraction of sp³-hybridized carbons (Fsp3) is 0.600. The zero-order chi connectivity index (χ0) is 25.7. The molecule has 34 heavy (non-hydrogen) atoms. The lowest BCUT2D eigenvalue weighted by molar-refractivity contribution is -0.143. The third-order valence-electron chi connectivity index (χ3n) is 4.93. The monoisotopic (exact) mass is 483 g/mol. The van der Waals surface area contributed by atoms with Crippen LogP contribution < -0.4 is 27.4 Å². The van der Waals surface area contributed by atoms with Gasteiger partial charge in [-0.1, -0.05) is 6.42 Å². The average molecular weight is 484 g/mol. The number of aromatic nitrogens is 2. The molecule has 0 spiro atoms. The molecule has 0 fully saturated rings. The molecule has 190 valence electrons. The second-order valence-corrected chi connectivity index (χ2v) is 7.80. The maximum atomic E-state index is 12.8. The van der Waals surface area contributed by atoms with E-state index in [1.165, 1.54) is 19.4 Å². The van der Waals surface area contributed by atoms with Gasteiger partial charge in [0.2, 0.25) is 17.7 Å². The van der Waals surface area contributed by atoms with E-state index >= 15 is 0 Å². The van der Waals surface area contributed by atoms with E-state index in [2.05, 4.69) is 25.9 Å². The van der Waals surface area contributed by atoms with Gasteiger partial charge in [0.25, 0.3) is 0 Å². The number of carboxylic acid groups (broad SMARTS) is 2. The van der Waals surface area contributed by atoms with Gasteiger partial charge in [-0.3, -0.25) is 19.2 Å². The van der Waals surface area contributed by atoms with Gasteiger partial charge in [-0.15, -0.1) is 0 Å². The van der Waals surface area contributed by atoms with Crippen molar-refractivity contribution in [1.82, 2.24) is 25.9 Å². The zero-order valence-electron chi connectivity index (χ0n) is 19.0. The number of aromatic amines is 1. The topological polar surface area (TPSA) is 243 Å². The Labute approximate surface area is 196 Å². The molecule has 10 N–H and O–H groups in total. The number of nitrogens with zero attached hydrogens (tertiary/aromatic N) is 1. The van der Waals surface area contributed by atoms with E-state index in [-0.39, 0.29) is 12.8 Å². The van der Waals surface area contributed by atoms with Gasteiger partial charge in [-0.2, -0.15) is 0 Å². The number of nitrogens with one attached hydrogen (secondary N) is 4. The number of H-pyrrole nitrogens is 1. The molecule has 0 aliphatic carbocycles. The Hall–Kier alpha value is -3.52. The lowest BCUT2D eigenvalue weighted by atomic mass is 10.1. The highest BCUT2D eigenvalue weighted by Gasteiger charge is 2.29. The van der Waals surface area contributed by atoms with E-state index < -0.39 is 60.2 Å². The normalized spacial score (nSPS) is 14.3. The van der Waals surface area contributed by atoms with Gasteiger partial charge in [0.05, 0.1) is 12.4 Å². The first-order valence-corrected chi connectivity index (χ1v) is 10.8. The van der Waals surface area contributed by atoms with Gasteiger partial charge in [0.15, 0.2) is 0 Å². The minimum atomic E-state index is -1.46. The van der Waals surface area contributed by atoms with Crippen LogP contribution in [-0.4, -0.2) is 80.6 Å². The van der Waals surface area contributed by atoms with Crippen molar-refractivity contribution < 1.29 is 34.2 Å². The molecule has 4 unspecified atom stereocenters. The Kier molecular flexibility index (Phi) is 12.2. The number of nitrogens with two attached hydrogens (primary N) is 2. The van der Waals surface area contributed by atoms with Crippen LogP contribution in [0.5, 0.6) is 0 Å². The summed E-state index contributed by atoms with van der Waals surface area (Å²) in [6.45, 7) is 1.89. The molecule has 0 radical (unpaired) electrons. The van der Waals surface area contributed by atoms with Crippen LogP contribution in [0.15, 0.2) is 12.5 Å². The largest absolute Gasteiger partial charge is 0.481 e. The maximum absolute atomic E-state index is 12.8. The van der Waals surface area contributed by atoms with Crippen molar-refractivity contribution in [3.05, 3.63) is 18.2 Å². The Balaban J connectivity index is 2.82. The van der Waals surface area contributed by atoms with Crippen molar-refractivity contribution in [2.24, 2.45) is 11.5 Å². The number of carbonyl (C=O) groups excluding carboxylic acids is 3. The number of imidazole rings is 1. The number of unbranched alkanes of at least 4 members (excludes halogenated alkanes) is 1. The minimum absolute atomic E-state index is 0.0535. The molecule has 4 atom stereocenters. The van der Waals surface area contributed by atoms with E-state index in [1.54, 1.807) is 0 Å². The SMILES string of the molecule is CC(NC(=O)C(N)CCCCN)C(=O)NC(Cc1cnc[nH]1)C(=O)NC(CCC(=O)O)C(=O)O. The summed E-state index contributed by atoms with van der Waals surface area (Å²) in [5.41, 5.74) is 11.7. The molecule has 14 heteroatoms. The summed E-state index contributed by atoms with van der Waals surface area (Å²) < 4.78 is 0. The average Bonchev–Trinajstić information content (AvgIpc) is 3.28. The van der Waals surface area contributed by atoms with Crippen LogP contribution in [0.4, 0.5) is 0 Å². The first-order valence-electron chi connectivity index (χ1n) is 10.8. The Morgan fingerprint density at radius 2 is 1.68 bits per heavy atom. The van der Waals surface area contributed by atoms with Crippen molar-refractivity contribution in [3.8, 4) is 0 Å². The van der Waals surface area contributed by atoms with Crippen LogP contribution in [0.1, 0.15) is 44.7 Å². The molecule has 0 bridgehead atoms. The van der Waals surface area contributed by atoms with Crippen LogP contribution in [0.3, 0.4) is 0 Å². The second-order valence-electron chi connectivity index (χ2n) is 7.80. The molecule has 0 saturated carbocycles. The third-order valence-corrected chi connectivity index (χ3v) is 4.93. The van der Waals surface area contributed by atoms with E-state index in [1.807, 2.05) is 0 Å². The highest BCUT2D eigenvalue weighted by molar-refractivity contribution is 5.94. The molecule has 3 amide bonds. The highest BCUT2D eigenvalue weighted by atomic mass is 16.4. The Morgan fingerprint density at radius 1 is 1.00 bits per heavy atom. The third kappa shape index (κ3) is 10.4. The molecule has 0 aromatic carbocycles. The van der Waals surface area contributed by atoms with Gasteiger partial charge < -0.3 is 42.6 Å². The molecule has 14 nitrogen and oxygen atoms in total. The number of rotatable bonds is 16. The van der Waals surface area contributed by atoms with Gasteiger partial charge in [0, 0.05) is 24.7 Å². The number of hydrogen-bond donors (Lipinski definition) is 8. The number of carboxylic acids is 2. The predicted molar refractivity (Wildman–Crippen MR) is 119 cm³/mol. The lowest BCUT2D eigenvalue weighted by Crippen LogP contribution is -2.57. The van der Waals surface area contributed by atoms with E-state index in [9.17, 15) is 29.1 Å². The van der Waals surface area contributed by atoms with Crippen LogP contribution in [-0.2, 0) is 30.4 Å². The molecule has 1 rings (SSSR count). The van der Waals surface area contributed by atoms with Crippen LogP contribution >= 0.6 is 0 Å². The minimum Gasteiger partial charge on any atom is -0.481 e. The van der Waals surface area contributed by atoms with Crippen LogP contribution in [0.2, 0.25) is 0 Å². The van der Waals surface area contributed by atoms with E-state index in [0.29, 0.717) is 31.5 Å². The molecule has 1 aromatic rings. The highest BCUT2D eigenvalue weighted by Crippen LogP contribution is 2.04. The number of carbonyl (C=O) groups is 5. The van der Waals surface area contributed by atoms with Crippen molar-refractivity contribution in [3.63, 3.8) is 0 Å². The standard InChI is InChI=1S/C20H33N7O7/c1-11(25-18(31)13(22)4-2-3-7-21)17(30)27-15(8-12-9-23-10-24-12)19(32)26-14(20(33)34)5-6-16(28)29/h9-11,13-15H,2-8,21-22H2,1H3,(H,23,24)(H,25,31)(H,26,32)(H,27,30)(H,28,29)(H,33,34). The number of amides is 3. The van der Waals surface area contributed by atoms with Crippen molar-refractivity contribution in [2.75, 3.05) is 6.54 Å². The fourth-order valence-electron chi connectivity index (χ4n) is 2.95. The zero-order valence-corrected chi connectivity index (χ0v) is 19.0. The van der Waals surface area contributed by atoms with Gasteiger partial charge in [-0.05, 0) is 32.7 Å². The van der Waals surface area contributed by atoms with Gasteiger partial charge >= 0.3 is 11.9 Å². The van der Waals surface area contributed by atoms with Crippen LogP contribution in [0, 0.1) is 0 Å². The summed E-state index contributed by atoms with van der Waals surface area (Å²) in [5, 5.41) is 25.3. The quantitative estimate of drug-likeness (QED) is 0.118.